The molecule has 6 heteroatoms. The number of aromatic nitrogens is 2. The van der Waals surface area contributed by atoms with Crippen LogP contribution >= 0.6 is 0 Å². The number of benzene rings is 2. The lowest BCUT2D eigenvalue weighted by molar-refractivity contribution is 0.0938. The second-order valence-electron chi connectivity index (χ2n) is 5.86. The van der Waals surface area contributed by atoms with E-state index in [1.807, 2.05) is 49.3 Å². The van der Waals surface area contributed by atoms with Crippen molar-refractivity contribution in [1.82, 2.24) is 20.4 Å². The molecule has 1 amide bonds. The second-order valence-corrected chi connectivity index (χ2v) is 5.86. The van der Waals surface area contributed by atoms with Gasteiger partial charge in [-0.15, -0.1) is 0 Å². The fourth-order valence-electron chi connectivity index (χ4n) is 2.72. The maximum atomic E-state index is 13.5. The number of aromatic amines is 1. The topological polar surface area (TPSA) is 61.0 Å². The standard InChI is InChI=1S/C18H19FN4O/c1-23(2)16(12-6-5-7-13(19)10-12)11-20-18(24)17-14-8-3-4-9-15(14)21-22-17/h3-10,16H,11H2,1-2H3,(H,20,24)(H,21,22). The van der Waals surface area contributed by atoms with Crippen molar-refractivity contribution in [3.63, 3.8) is 0 Å². The Morgan fingerprint density at radius 3 is 2.79 bits per heavy atom. The second kappa shape index (κ2) is 6.80. The van der Waals surface area contributed by atoms with Crippen LogP contribution in [0.25, 0.3) is 10.9 Å². The number of rotatable bonds is 5. The molecule has 5 nitrogen and oxygen atoms in total. The van der Waals surface area contributed by atoms with Gasteiger partial charge in [0.2, 0.25) is 0 Å². The van der Waals surface area contributed by atoms with Gasteiger partial charge < -0.3 is 10.2 Å². The number of nitrogens with zero attached hydrogens (tertiary/aromatic N) is 2. The van der Waals surface area contributed by atoms with Crippen molar-refractivity contribution in [1.29, 1.82) is 0 Å². The van der Waals surface area contributed by atoms with E-state index >= 15 is 0 Å². The van der Waals surface area contributed by atoms with Gasteiger partial charge in [-0.1, -0.05) is 30.3 Å². The summed E-state index contributed by atoms with van der Waals surface area (Å²) >= 11 is 0. The summed E-state index contributed by atoms with van der Waals surface area (Å²) < 4.78 is 13.5. The fraction of sp³-hybridized carbons (Fsp3) is 0.222. The first-order valence-corrected chi connectivity index (χ1v) is 7.69. The molecule has 0 aliphatic carbocycles. The number of carbonyl (C=O) groups is 1. The lowest BCUT2D eigenvalue weighted by Gasteiger charge is -2.25. The molecule has 124 valence electrons. The lowest BCUT2D eigenvalue weighted by Crippen LogP contribution is -2.34. The quantitative estimate of drug-likeness (QED) is 0.758. The van der Waals surface area contributed by atoms with E-state index in [0.717, 1.165) is 16.5 Å². The molecule has 0 radical (unpaired) electrons. The van der Waals surface area contributed by atoms with Crippen LogP contribution in [-0.2, 0) is 0 Å². The largest absolute Gasteiger partial charge is 0.349 e. The van der Waals surface area contributed by atoms with Gasteiger partial charge in [0.25, 0.3) is 5.91 Å². The minimum absolute atomic E-state index is 0.130. The van der Waals surface area contributed by atoms with Crippen molar-refractivity contribution >= 4 is 16.8 Å². The van der Waals surface area contributed by atoms with Crippen LogP contribution in [0.1, 0.15) is 22.1 Å². The molecular weight excluding hydrogens is 307 g/mol. The molecule has 0 bridgehead atoms. The molecule has 1 heterocycles. The molecule has 0 spiro atoms. The highest BCUT2D eigenvalue weighted by atomic mass is 19.1. The molecule has 1 atom stereocenters. The summed E-state index contributed by atoms with van der Waals surface area (Å²) in [7, 11) is 3.79. The number of carbonyl (C=O) groups excluding carboxylic acids is 1. The van der Waals surface area contributed by atoms with Gasteiger partial charge in [0.1, 0.15) is 5.82 Å². The number of halogens is 1. The van der Waals surface area contributed by atoms with Gasteiger partial charge in [-0.05, 0) is 37.9 Å². The number of hydrogen-bond acceptors (Lipinski definition) is 3. The SMILES string of the molecule is CN(C)C(CNC(=O)c1n[nH]c2ccccc12)c1cccc(F)c1. The number of H-pyrrole nitrogens is 1. The van der Waals surface area contributed by atoms with E-state index in [-0.39, 0.29) is 17.8 Å². The molecule has 24 heavy (non-hydrogen) atoms. The van der Waals surface area contributed by atoms with Gasteiger partial charge in [-0.3, -0.25) is 9.89 Å². The molecule has 2 N–H and O–H groups in total. The van der Waals surface area contributed by atoms with Crippen molar-refractivity contribution in [2.45, 2.75) is 6.04 Å². The Morgan fingerprint density at radius 2 is 2.04 bits per heavy atom. The third-order valence-corrected chi connectivity index (χ3v) is 4.00. The monoisotopic (exact) mass is 326 g/mol. The average molecular weight is 326 g/mol. The zero-order valence-corrected chi connectivity index (χ0v) is 13.6. The van der Waals surface area contributed by atoms with Crippen LogP contribution in [0.4, 0.5) is 4.39 Å². The Morgan fingerprint density at radius 1 is 1.25 bits per heavy atom. The zero-order chi connectivity index (χ0) is 17.1. The van der Waals surface area contributed by atoms with Gasteiger partial charge >= 0.3 is 0 Å². The molecule has 0 saturated carbocycles. The first-order chi connectivity index (χ1) is 11.6. The molecule has 0 aliphatic rings. The smallest absolute Gasteiger partial charge is 0.272 e. The van der Waals surface area contributed by atoms with E-state index in [9.17, 15) is 9.18 Å². The Hall–Kier alpha value is -2.73. The maximum absolute atomic E-state index is 13.5. The zero-order valence-electron chi connectivity index (χ0n) is 13.6. The molecule has 3 aromatic rings. The van der Waals surface area contributed by atoms with Crippen molar-refractivity contribution in [3.8, 4) is 0 Å². The maximum Gasteiger partial charge on any atom is 0.272 e. The minimum atomic E-state index is -0.288. The highest BCUT2D eigenvalue weighted by Crippen LogP contribution is 2.19. The molecule has 0 saturated heterocycles. The van der Waals surface area contributed by atoms with Crippen LogP contribution in [0.2, 0.25) is 0 Å². The van der Waals surface area contributed by atoms with Crippen LogP contribution in [0.15, 0.2) is 48.5 Å². The summed E-state index contributed by atoms with van der Waals surface area (Å²) in [5, 5.41) is 10.6. The molecule has 0 aliphatic heterocycles. The number of likely N-dealkylation sites (N-methyl/N-ethyl adjacent to an activating group) is 1. The van der Waals surface area contributed by atoms with E-state index in [2.05, 4.69) is 15.5 Å². The van der Waals surface area contributed by atoms with Crippen LogP contribution in [0, 0.1) is 5.82 Å². The Balaban J connectivity index is 1.76. The first-order valence-electron chi connectivity index (χ1n) is 7.69. The van der Waals surface area contributed by atoms with Crippen LogP contribution in [-0.4, -0.2) is 41.6 Å². The predicted octanol–water partition coefficient (Wildman–Crippen LogP) is 2.73. The highest BCUT2D eigenvalue weighted by Gasteiger charge is 2.18. The highest BCUT2D eigenvalue weighted by molar-refractivity contribution is 6.04. The van der Waals surface area contributed by atoms with Crippen molar-refractivity contribution in [2.75, 3.05) is 20.6 Å². The molecule has 1 unspecified atom stereocenters. The van der Waals surface area contributed by atoms with Gasteiger partial charge in [0, 0.05) is 11.9 Å². The van der Waals surface area contributed by atoms with Crippen molar-refractivity contribution < 1.29 is 9.18 Å². The summed E-state index contributed by atoms with van der Waals surface area (Å²) in [5.41, 5.74) is 1.99. The van der Waals surface area contributed by atoms with E-state index in [4.69, 9.17) is 0 Å². The molecular formula is C18H19FN4O. The lowest BCUT2D eigenvalue weighted by atomic mass is 10.1. The normalized spacial score (nSPS) is 12.5. The van der Waals surface area contributed by atoms with Crippen LogP contribution in [0.5, 0.6) is 0 Å². The van der Waals surface area contributed by atoms with E-state index in [1.165, 1.54) is 12.1 Å². The minimum Gasteiger partial charge on any atom is -0.349 e. The molecule has 1 aromatic heterocycles. The van der Waals surface area contributed by atoms with E-state index in [1.54, 1.807) is 6.07 Å². The van der Waals surface area contributed by atoms with Gasteiger partial charge in [0.15, 0.2) is 5.69 Å². The Labute approximate surface area is 139 Å². The van der Waals surface area contributed by atoms with Gasteiger partial charge in [-0.2, -0.15) is 5.10 Å². The fourth-order valence-corrected chi connectivity index (χ4v) is 2.72. The van der Waals surface area contributed by atoms with Gasteiger partial charge in [0.05, 0.1) is 11.6 Å². The summed E-state index contributed by atoms with van der Waals surface area (Å²) in [6.45, 7) is 0.358. The van der Waals surface area contributed by atoms with Crippen molar-refractivity contribution in [3.05, 3.63) is 65.6 Å². The Kier molecular flexibility index (Phi) is 4.57. The number of fused-ring (bicyclic) bond motifs is 1. The summed E-state index contributed by atoms with van der Waals surface area (Å²) in [6.07, 6.45) is 0. The molecule has 2 aromatic carbocycles. The third kappa shape index (κ3) is 3.28. The average Bonchev–Trinajstić information content (AvgIpc) is 2.99. The third-order valence-electron chi connectivity index (χ3n) is 4.00. The summed E-state index contributed by atoms with van der Waals surface area (Å²) in [5.74, 6) is -0.542. The molecule has 3 rings (SSSR count). The first kappa shape index (κ1) is 16.1. The number of hydrogen-bond donors (Lipinski definition) is 2. The van der Waals surface area contributed by atoms with E-state index < -0.39 is 0 Å². The molecule has 0 fully saturated rings. The number of nitrogens with one attached hydrogen (secondary N) is 2. The summed E-state index contributed by atoms with van der Waals surface area (Å²) in [6, 6.07) is 13.8. The Bertz CT molecular complexity index is 859. The predicted molar refractivity (Wildman–Crippen MR) is 91.3 cm³/mol. The van der Waals surface area contributed by atoms with Gasteiger partial charge in [-0.25, -0.2) is 4.39 Å². The van der Waals surface area contributed by atoms with Crippen molar-refractivity contribution in [2.24, 2.45) is 0 Å². The van der Waals surface area contributed by atoms with Crippen LogP contribution < -0.4 is 5.32 Å². The summed E-state index contributed by atoms with van der Waals surface area (Å²) in [4.78, 5) is 14.4. The number of amides is 1. The van der Waals surface area contributed by atoms with Crippen LogP contribution in [0.3, 0.4) is 0 Å². The van der Waals surface area contributed by atoms with E-state index in [0.29, 0.717) is 12.2 Å². The number of para-hydroxylation sites is 1.